The smallest absolute Gasteiger partial charge is 0.407 e. The normalized spacial score (nSPS) is 18.8. The van der Waals surface area contributed by atoms with Crippen molar-refractivity contribution in [1.82, 2.24) is 24.3 Å². The van der Waals surface area contributed by atoms with E-state index < -0.39 is 6.09 Å². The Balaban J connectivity index is 1.56. The Labute approximate surface area is 216 Å². The van der Waals surface area contributed by atoms with Crippen LogP contribution in [0.5, 0.6) is 0 Å². The molecule has 4 aromatic rings. The maximum Gasteiger partial charge on any atom is 0.407 e. The summed E-state index contributed by atoms with van der Waals surface area (Å²) in [5.74, 6) is -0.0767. The maximum atomic E-state index is 13.2. The number of carboxylic acid groups (broad SMARTS) is 1. The van der Waals surface area contributed by atoms with Crippen molar-refractivity contribution in [2.45, 2.75) is 44.9 Å². The van der Waals surface area contributed by atoms with Crippen LogP contribution in [0.1, 0.15) is 36.9 Å². The molecule has 0 bridgehead atoms. The predicted molar refractivity (Wildman–Crippen MR) is 143 cm³/mol. The molecule has 0 spiro atoms. The minimum atomic E-state index is -0.911. The molecule has 0 saturated carbocycles. The van der Waals surface area contributed by atoms with E-state index in [1.807, 2.05) is 59.3 Å². The lowest BCUT2D eigenvalue weighted by atomic mass is 9.83. The van der Waals surface area contributed by atoms with Crippen LogP contribution in [0.2, 0.25) is 0 Å². The third-order valence-corrected chi connectivity index (χ3v) is 7.56. The second-order valence-electron chi connectivity index (χ2n) is 9.79. The summed E-state index contributed by atoms with van der Waals surface area (Å²) in [5, 5.41) is 9.89. The summed E-state index contributed by atoms with van der Waals surface area (Å²) in [5.41, 5.74) is 3.82. The summed E-state index contributed by atoms with van der Waals surface area (Å²) in [6.07, 6.45) is 4.15. The minimum absolute atomic E-state index is 0.0353. The quantitative estimate of drug-likeness (QED) is 0.365. The largest absolute Gasteiger partial charge is 0.465 e. The number of piperidine rings is 1. The van der Waals surface area contributed by atoms with Crippen molar-refractivity contribution in [1.29, 1.82) is 0 Å². The number of aromatic amines is 1. The summed E-state index contributed by atoms with van der Waals surface area (Å²) in [6.45, 7) is 4.33. The van der Waals surface area contributed by atoms with E-state index in [0.29, 0.717) is 32.6 Å². The van der Waals surface area contributed by atoms with E-state index in [0.717, 1.165) is 23.0 Å². The third kappa shape index (κ3) is 5.29. The monoisotopic (exact) mass is 499 g/mol. The minimum Gasteiger partial charge on any atom is -0.465 e. The number of H-pyrrole nitrogens is 1. The fourth-order valence-electron chi connectivity index (χ4n) is 5.91. The Kier molecular flexibility index (Phi) is 7.37. The number of nitrogens with zero attached hydrogens (tertiary/aromatic N) is 4. The van der Waals surface area contributed by atoms with Crippen molar-refractivity contribution in [3.8, 4) is 0 Å². The van der Waals surface area contributed by atoms with Gasteiger partial charge in [-0.3, -0.25) is 14.5 Å². The number of hydrogen-bond donors (Lipinski definition) is 2. The van der Waals surface area contributed by atoms with Crippen molar-refractivity contribution < 1.29 is 9.90 Å². The molecule has 1 aliphatic heterocycles. The lowest BCUT2D eigenvalue weighted by Gasteiger charge is -2.45. The Morgan fingerprint density at radius 2 is 1.81 bits per heavy atom. The number of imidazole rings is 1. The highest BCUT2D eigenvalue weighted by Gasteiger charge is 2.40. The van der Waals surface area contributed by atoms with Gasteiger partial charge in [0.05, 0.1) is 11.0 Å². The van der Waals surface area contributed by atoms with Gasteiger partial charge >= 0.3 is 11.8 Å². The van der Waals surface area contributed by atoms with Crippen molar-refractivity contribution in [3.63, 3.8) is 0 Å². The van der Waals surface area contributed by atoms with E-state index in [2.05, 4.69) is 40.0 Å². The van der Waals surface area contributed by atoms with Crippen molar-refractivity contribution in [3.05, 3.63) is 101 Å². The third-order valence-electron chi connectivity index (χ3n) is 7.56. The molecular weight excluding hydrogens is 466 g/mol. The van der Waals surface area contributed by atoms with Gasteiger partial charge in [0, 0.05) is 56.6 Å². The van der Waals surface area contributed by atoms with Crippen LogP contribution in [0.25, 0.3) is 11.0 Å². The summed E-state index contributed by atoms with van der Waals surface area (Å²) in [4.78, 5) is 36.5. The van der Waals surface area contributed by atoms with E-state index >= 15 is 0 Å². The van der Waals surface area contributed by atoms with Gasteiger partial charge in [-0.1, -0.05) is 55.5 Å². The van der Waals surface area contributed by atoms with Gasteiger partial charge in [0.1, 0.15) is 0 Å². The molecule has 37 heavy (non-hydrogen) atoms. The van der Waals surface area contributed by atoms with Crippen LogP contribution >= 0.6 is 0 Å². The fraction of sp³-hybridized carbons (Fsp3) is 0.345. The molecule has 5 rings (SSSR count). The fourth-order valence-corrected chi connectivity index (χ4v) is 5.91. The highest BCUT2D eigenvalue weighted by molar-refractivity contribution is 5.75. The van der Waals surface area contributed by atoms with Gasteiger partial charge in [0.2, 0.25) is 0 Å². The predicted octanol–water partition coefficient (Wildman–Crippen LogP) is 4.75. The number of nitrogens with one attached hydrogen (secondary N) is 1. The zero-order valence-electron chi connectivity index (χ0n) is 21.0. The Bertz CT molecular complexity index is 1340. The number of amides is 1. The van der Waals surface area contributed by atoms with Crippen molar-refractivity contribution in [2.75, 3.05) is 13.1 Å². The first-order valence-corrected chi connectivity index (χ1v) is 12.9. The number of carbonyl (C=O) groups is 1. The van der Waals surface area contributed by atoms with E-state index in [9.17, 15) is 14.7 Å². The average molecular weight is 500 g/mol. The first-order chi connectivity index (χ1) is 18.0. The number of rotatable bonds is 8. The number of benzene rings is 2. The first-order valence-electron chi connectivity index (χ1n) is 12.9. The molecule has 0 radical (unpaired) electrons. The first kappa shape index (κ1) is 24.8. The SMILES string of the molecule is CCC(C1CN(C(=O)O)CCC1n1c(=O)[nH]c2ccccc21)N(Cc1ccccc1)Cc1cccnc1. The molecule has 2 aromatic carbocycles. The molecule has 2 aromatic heterocycles. The molecule has 1 saturated heterocycles. The standard InChI is InChI=1S/C29H33N5O3/c1-2-25(33(18-21-9-4-3-5-10-21)19-22-11-8-15-30-17-22)23-20-32(29(36)37)16-14-26(23)34-27-13-7-6-12-24(27)31-28(34)35/h3-13,15,17,23,25-26H,2,14,16,18-20H2,1H3,(H,31,35)(H,36,37). The lowest BCUT2D eigenvalue weighted by Crippen LogP contribution is -2.53. The van der Waals surface area contributed by atoms with Crippen molar-refractivity contribution >= 4 is 17.1 Å². The molecule has 8 nitrogen and oxygen atoms in total. The zero-order chi connectivity index (χ0) is 25.8. The molecule has 3 unspecified atom stereocenters. The van der Waals surface area contributed by atoms with Gasteiger partial charge in [0.15, 0.2) is 0 Å². The second-order valence-corrected chi connectivity index (χ2v) is 9.79. The molecule has 1 aliphatic rings. The van der Waals surface area contributed by atoms with Crippen LogP contribution in [0, 0.1) is 5.92 Å². The van der Waals surface area contributed by atoms with E-state index in [-0.39, 0.29) is 23.7 Å². The molecule has 1 amide bonds. The number of aromatic nitrogens is 3. The Hall–Kier alpha value is -3.91. The van der Waals surface area contributed by atoms with Crippen LogP contribution in [-0.4, -0.2) is 54.7 Å². The van der Waals surface area contributed by atoms with E-state index in [1.54, 1.807) is 6.20 Å². The van der Waals surface area contributed by atoms with E-state index in [1.165, 1.54) is 10.5 Å². The summed E-state index contributed by atoms with van der Waals surface area (Å²) in [7, 11) is 0. The number of para-hydroxylation sites is 2. The molecule has 3 atom stereocenters. The molecule has 2 N–H and O–H groups in total. The molecule has 1 fully saturated rings. The summed E-state index contributed by atoms with van der Waals surface area (Å²) in [6, 6.07) is 22.0. The number of fused-ring (bicyclic) bond motifs is 1. The lowest BCUT2D eigenvalue weighted by molar-refractivity contribution is 0.0341. The molecule has 0 aliphatic carbocycles. The molecule has 192 valence electrons. The van der Waals surface area contributed by atoms with Gasteiger partial charge in [-0.15, -0.1) is 0 Å². The Morgan fingerprint density at radius 1 is 1.08 bits per heavy atom. The van der Waals surface area contributed by atoms with E-state index in [4.69, 9.17) is 0 Å². The molecular formula is C29H33N5O3. The van der Waals surface area contributed by atoms with Gasteiger partial charge in [0.25, 0.3) is 0 Å². The number of pyridine rings is 1. The summed E-state index contributed by atoms with van der Waals surface area (Å²) < 4.78 is 1.87. The van der Waals surface area contributed by atoms with Crippen LogP contribution < -0.4 is 5.69 Å². The summed E-state index contributed by atoms with van der Waals surface area (Å²) >= 11 is 0. The van der Waals surface area contributed by atoms with Crippen LogP contribution in [-0.2, 0) is 13.1 Å². The van der Waals surface area contributed by atoms with Gasteiger partial charge in [-0.25, -0.2) is 9.59 Å². The zero-order valence-corrected chi connectivity index (χ0v) is 21.0. The second kappa shape index (κ2) is 11.0. The maximum absolute atomic E-state index is 13.2. The van der Waals surface area contributed by atoms with Crippen LogP contribution in [0.3, 0.4) is 0 Å². The molecule has 8 heteroatoms. The Morgan fingerprint density at radius 3 is 2.54 bits per heavy atom. The topological polar surface area (TPSA) is 94.5 Å². The number of likely N-dealkylation sites (tertiary alicyclic amines) is 1. The highest BCUT2D eigenvalue weighted by atomic mass is 16.4. The molecule has 3 heterocycles. The highest BCUT2D eigenvalue weighted by Crippen LogP contribution is 2.36. The average Bonchev–Trinajstić information content (AvgIpc) is 3.25. The number of hydrogen-bond acceptors (Lipinski definition) is 4. The van der Waals surface area contributed by atoms with Gasteiger partial charge in [-0.05, 0) is 42.2 Å². The van der Waals surface area contributed by atoms with Gasteiger partial charge < -0.3 is 15.0 Å². The van der Waals surface area contributed by atoms with Crippen LogP contribution in [0.4, 0.5) is 4.79 Å². The van der Waals surface area contributed by atoms with Crippen LogP contribution in [0.15, 0.2) is 83.9 Å². The van der Waals surface area contributed by atoms with Gasteiger partial charge in [-0.2, -0.15) is 0 Å². The van der Waals surface area contributed by atoms with Crippen molar-refractivity contribution in [2.24, 2.45) is 5.92 Å².